The summed E-state index contributed by atoms with van der Waals surface area (Å²) < 4.78 is 29.1. The Balaban J connectivity index is 2.36. The van der Waals surface area contributed by atoms with Crippen molar-refractivity contribution in [2.75, 3.05) is 14.2 Å². The molecule has 1 N–H and O–H groups in total. The SMILES string of the molecule is COc1c(OC)c(O)c2c([S+]([O-])c3cccc(Cl)c3)cccc2c1OC(C)=O. The molecule has 1 atom stereocenters. The van der Waals surface area contributed by atoms with E-state index in [0.717, 1.165) is 0 Å². The van der Waals surface area contributed by atoms with Crippen LogP contribution in [0.4, 0.5) is 0 Å². The lowest BCUT2D eigenvalue weighted by Crippen LogP contribution is -2.07. The average molecular weight is 421 g/mol. The first-order chi connectivity index (χ1) is 13.4. The summed E-state index contributed by atoms with van der Waals surface area (Å²) >= 11 is 4.35. The van der Waals surface area contributed by atoms with Gasteiger partial charge in [-0.25, -0.2) is 0 Å². The summed E-state index contributed by atoms with van der Waals surface area (Å²) in [7, 11) is 2.71. The van der Waals surface area contributed by atoms with Gasteiger partial charge in [-0.3, -0.25) is 4.79 Å². The molecule has 3 aromatic rings. The quantitative estimate of drug-likeness (QED) is 0.376. The number of benzene rings is 3. The van der Waals surface area contributed by atoms with Crippen molar-refractivity contribution in [3.63, 3.8) is 0 Å². The molecule has 0 heterocycles. The van der Waals surface area contributed by atoms with E-state index < -0.39 is 17.1 Å². The summed E-state index contributed by atoms with van der Waals surface area (Å²) in [4.78, 5) is 12.4. The van der Waals surface area contributed by atoms with Gasteiger partial charge < -0.3 is 23.9 Å². The third-order valence-electron chi connectivity index (χ3n) is 4.00. The highest BCUT2D eigenvalue weighted by molar-refractivity contribution is 7.91. The molecule has 3 aromatic carbocycles. The van der Waals surface area contributed by atoms with Gasteiger partial charge in [0.15, 0.2) is 21.3 Å². The lowest BCUT2D eigenvalue weighted by Gasteiger charge is -2.19. The van der Waals surface area contributed by atoms with Crippen molar-refractivity contribution in [1.82, 2.24) is 0 Å². The number of halogens is 1. The Kier molecular flexibility index (Phi) is 5.88. The second kappa shape index (κ2) is 8.18. The van der Waals surface area contributed by atoms with E-state index in [0.29, 0.717) is 20.2 Å². The van der Waals surface area contributed by atoms with Crippen LogP contribution in [0.5, 0.6) is 23.0 Å². The number of ether oxygens (including phenoxy) is 3. The maximum atomic E-state index is 13.2. The number of esters is 1. The number of fused-ring (bicyclic) bond motifs is 1. The second-order valence-electron chi connectivity index (χ2n) is 5.74. The molecule has 0 aliphatic heterocycles. The average Bonchev–Trinajstić information content (AvgIpc) is 2.68. The molecular weight excluding hydrogens is 404 g/mol. The number of hydrogen-bond acceptors (Lipinski definition) is 6. The van der Waals surface area contributed by atoms with Crippen molar-refractivity contribution in [2.24, 2.45) is 0 Å². The van der Waals surface area contributed by atoms with Crippen LogP contribution >= 0.6 is 11.6 Å². The van der Waals surface area contributed by atoms with Crippen LogP contribution < -0.4 is 14.2 Å². The first-order valence-corrected chi connectivity index (χ1v) is 9.67. The molecule has 146 valence electrons. The fraction of sp³-hybridized carbons (Fsp3) is 0.150. The van der Waals surface area contributed by atoms with E-state index in [2.05, 4.69) is 0 Å². The number of hydrogen-bond donors (Lipinski definition) is 1. The predicted octanol–water partition coefficient (Wildman–Crippen LogP) is 4.31. The summed E-state index contributed by atoms with van der Waals surface area (Å²) in [6, 6.07) is 11.5. The second-order valence-corrected chi connectivity index (χ2v) is 7.63. The van der Waals surface area contributed by atoms with E-state index in [1.807, 2.05) is 0 Å². The van der Waals surface area contributed by atoms with Crippen LogP contribution in [-0.2, 0) is 16.0 Å². The topological polar surface area (TPSA) is 88.1 Å². The zero-order valence-corrected chi connectivity index (χ0v) is 16.9. The molecule has 0 aromatic heterocycles. The molecule has 0 saturated heterocycles. The van der Waals surface area contributed by atoms with Crippen molar-refractivity contribution in [3.8, 4) is 23.0 Å². The smallest absolute Gasteiger partial charge is 0.308 e. The third-order valence-corrected chi connectivity index (χ3v) is 5.66. The zero-order valence-electron chi connectivity index (χ0n) is 15.3. The Morgan fingerprint density at radius 2 is 1.75 bits per heavy atom. The highest BCUT2D eigenvalue weighted by Crippen LogP contribution is 2.52. The van der Waals surface area contributed by atoms with Gasteiger partial charge in [0, 0.05) is 34.6 Å². The minimum Gasteiger partial charge on any atom is -0.606 e. The van der Waals surface area contributed by atoms with Gasteiger partial charge in [-0.05, 0) is 24.3 Å². The van der Waals surface area contributed by atoms with Gasteiger partial charge in [-0.15, -0.1) is 0 Å². The molecule has 0 spiro atoms. The van der Waals surface area contributed by atoms with E-state index in [-0.39, 0.29) is 28.4 Å². The van der Waals surface area contributed by atoms with Gasteiger partial charge in [0.25, 0.3) is 0 Å². The number of rotatable bonds is 5. The van der Waals surface area contributed by atoms with Crippen LogP contribution in [0.2, 0.25) is 5.02 Å². The van der Waals surface area contributed by atoms with Crippen molar-refractivity contribution in [2.45, 2.75) is 16.7 Å². The minimum atomic E-state index is -1.66. The minimum absolute atomic E-state index is 0.0261. The van der Waals surface area contributed by atoms with Crippen LogP contribution in [0.3, 0.4) is 0 Å². The van der Waals surface area contributed by atoms with Crippen LogP contribution in [0.1, 0.15) is 6.92 Å². The molecule has 0 bridgehead atoms. The molecule has 3 rings (SSSR count). The summed E-state index contributed by atoms with van der Waals surface area (Å²) in [6.07, 6.45) is 0. The van der Waals surface area contributed by atoms with Crippen LogP contribution in [0.25, 0.3) is 10.8 Å². The lowest BCUT2D eigenvalue weighted by atomic mass is 10.1. The lowest BCUT2D eigenvalue weighted by molar-refractivity contribution is -0.131. The molecule has 8 heteroatoms. The van der Waals surface area contributed by atoms with Gasteiger partial charge >= 0.3 is 5.97 Å². The molecule has 0 fully saturated rings. The van der Waals surface area contributed by atoms with Crippen LogP contribution in [-0.4, -0.2) is 29.8 Å². The van der Waals surface area contributed by atoms with Crippen LogP contribution in [0, 0.1) is 0 Å². The fourth-order valence-corrected chi connectivity index (χ4v) is 4.43. The first-order valence-electron chi connectivity index (χ1n) is 8.14. The Morgan fingerprint density at radius 1 is 1.07 bits per heavy atom. The van der Waals surface area contributed by atoms with Crippen LogP contribution in [0.15, 0.2) is 52.3 Å². The Bertz CT molecular complexity index is 1050. The van der Waals surface area contributed by atoms with Crippen molar-refractivity contribution >= 4 is 39.5 Å². The van der Waals surface area contributed by atoms with Gasteiger partial charge in [0.1, 0.15) is 0 Å². The molecular formula is C20H17ClO6S. The number of carbonyl (C=O) groups is 1. The zero-order chi connectivity index (χ0) is 20.4. The number of phenolic OH excluding ortho intramolecular Hbond substituents is 1. The highest BCUT2D eigenvalue weighted by Gasteiger charge is 2.29. The fourth-order valence-electron chi connectivity index (χ4n) is 2.89. The van der Waals surface area contributed by atoms with E-state index in [9.17, 15) is 14.5 Å². The molecule has 1 unspecified atom stereocenters. The van der Waals surface area contributed by atoms with Gasteiger partial charge in [0.2, 0.25) is 11.5 Å². The Labute approximate surface area is 169 Å². The van der Waals surface area contributed by atoms with Crippen molar-refractivity contribution in [1.29, 1.82) is 0 Å². The van der Waals surface area contributed by atoms with Gasteiger partial charge in [0.05, 0.1) is 19.6 Å². The van der Waals surface area contributed by atoms with Gasteiger partial charge in [-0.1, -0.05) is 23.7 Å². The molecule has 6 nitrogen and oxygen atoms in total. The van der Waals surface area contributed by atoms with E-state index in [4.69, 9.17) is 25.8 Å². The summed E-state index contributed by atoms with van der Waals surface area (Å²) in [5, 5.41) is 11.9. The number of aromatic hydroxyl groups is 1. The Morgan fingerprint density at radius 3 is 2.36 bits per heavy atom. The normalized spacial score (nSPS) is 11.9. The molecule has 0 aliphatic carbocycles. The van der Waals surface area contributed by atoms with Crippen molar-refractivity contribution in [3.05, 3.63) is 47.5 Å². The summed E-state index contributed by atoms with van der Waals surface area (Å²) in [5.41, 5.74) is 0. The van der Waals surface area contributed by atoms with E-state index in [1.165, 1.54) is 21.1 Å². The summed E-state index contributed by atoms with van der Waals surface area (Å²) in [6.45, 7) is 1.25. The third kappa shape index (κ3) is 3.56. The van der Waals surface area contributed by atoms with Gasteiger partial charge in [-0.2, -0.15) is 0 Å². The molecule has 28 heavy (non-hydrogen) atoms. The number of phenols is 1. The maximum absolute atomic E-state index is 13.2. The van der Waals surface area contributed by atoms with E-state index in [1.54, 1.807) is 42.5 Å². The van der Waals surface area contributed by atoms with E-state index >= 15 is 0 Å². The highest BCUT2D eigenvalue weighted by atomic mass is 35.5. The molecule has 0 amide bonds. The standard InChI is InChI=1S/C20H17ClO6S/c1-11(22)27-18-14-8-5-9-15(28(24)13-7-4-6-12(21)10-13)16(14)17(23)19(25-2)20(18)26-3/h4-10,23H,1-3H3. The van der Waals surface area contributed by atoms with Crippen molar-refractivity contribution < 1.29 is 28.7 Å². The number of methoxy groups -OCH3 is 2. The monoisotopic (exact) mass is 420 g/mol. The first kappa shape index (κ1) is 20.1. The molecule has 0 aliphatic rings. The maximum Gasteiger partial charge on any atom is 0.308 e. The summed E-state index contributed by atoms with van der Waals surface area (Å²) in [5.74, 6) is -0.732. The Hall–Kier alpha value is -2.61. The molecule has 0 radical (unpaired) electrons. The number of carbonyl (C=O) groups excluding carboxylic acids is 1. The predicted molar refractivity (Wildman–Crippen MR) is 106 cm³/mol. The molecule has 0 saturated carbocycles. The largest absolute Gasteiger partial charge is 0.606 e.